The van der Waals surface area contributed by atoms with Gasteiger partial charge in [-0.2, -0.15) is 0 Å². The van der Waals surface area contributed by atoms with E-state index in [0.29, 0.717) is 18.9 Å². The van der Waals surface area contributed by atoms with E-state index in [9.17, 15) is 4.79 Å². The van der Waals surface area contributed by atoms with E-state index >= 15 is 0 Å². The lowest BCUT2D eigenvalue weighted by molar-refractivity contribution is -0.116. The molecule has 0 aliphatic carbocycles. The highest BCUT2D eigenvalue weighted by Crippen LogP contribution is 2.24. The first-order chi connectivity index (χ1) is 12.1. The van der Waals surface area contributed by atoms with Gasteiger partial charge in [0.2, 0.25) is 5.91 Å². The van der Waals surface area contributed by atoms with Crippen molar-refractivity contribution in [3.05, 3.63) is 59.7 Å². The van der Waals surface area contributed by atoms with E-state index in [4.69, 9.17) is 4.74 Å². The molecule has 25 heavy (non-hydrogen) atoms. The molecule has 2 aromatic carbocycles. The second-order valence-electron chi connectivity index (χ2n) is 6.64. The fourth-order valence-electron chi connectivity index (χ4n) is 2.56. The number of anilines is 1. The number of nitrogens with one attached hydrogen (secondary N) is 1. The van der Waals surface area contributed by atoms with Crippen LogP contribution in [0.1, 0.15) is 57.1 Å². The molecule has 134 valence electrons. The van der Waals surface area contributed by atoms with Crippen LogP contribution >= 0.6 is 0 Å². The molecule has 0 saturated heterocycles. The van der Waals surface area contributed by atoms with Crippen molar-refractivity contribution < 1.29 is 9.53 Å². The molecule has 0 aliphatic heterocycles. The summed E-state index contributed by atoms with van der Waals surface area (Å²) >= 11 is 0. The predicted octanol–water partition coefficient (Wildman–Crippen LogP) is 5.56. The molecule has 3 nitrogen and oxygen atoms in total. The molecule has 0 radical (unpaired) electrons. The number of para-hydroxylation sites is 2. The number of hydrogen-bond donors (Lipinski definition) is 1. The van der Waals surface area contributed by atoms with Gasteiger partial charge in [-0.15, -0.1) is 0 Å². The molecule has 0 spiro atoms. The maximum absolute atomic E-state index is 12.3. The Balaban J connectivity index is 1.87. The summed E-state index contributed by atoms with van der Waals surface area (Å²) in [5.41, 5.74) is 3.26. The quantitative estimate of drug-likeness (QED) is 0.607. The minimum Gasteiger partial charge on any atom is -0.491 e. The van der Waals surface area contributed by atoms with Crippen LogP contribution in [0.2, 0.25) is 0 Å². The van der Waals surface area contributed by atoms with Crippen molar-refractivity contribution in [2.75, 3.05) is 11.9 Å². The van der Waals surface area contributed by atoms with Crippen LogP contribution in [-0.2, 0) is 11.2 Å². The summed E-state index contributed by atoms with van der Waals surface area (Å²) in [5.74, 6) is 1.28. The monoisotopic (exact) mass is 339 g/mol. The van der Waals surface area contributed by atoms with E-state index in [1.807, 2.05) is 24.3 Å². The molecule has 0 bridgehead atoms. The van der Waals surface area contributed by atoms with Crippen LogP contribution in [0, 0.1) is 0 Å². The lowest BCUT2D eigenvalue weighted by Crippen LogP contribution is -2.13. The first-order valence-electron chi connectivity index (χ1n) is 9.20. The summed E-state index contributed by atoms with van der Waals surface area (Å²) in [4.78, 5) is 12.3. The highest BCUT2D eigenvalue weighted by Gasteiger charge is 2.08. The van der Waals surface area contributed by atoms with Gasteiger partial charge in [0.1, 0.15) is 5.75 Å². The summed E-state index contributed by atoms with van der Waals surface area (Å²) in [6.07, 6.45) is 3.30. The molecule has 1 amide bonds. The number of unbranched alkanes of at least 4 members (excludes halogenated alkanes) is 1. The van der Waals surface area contributed by atoms with Crippen molar-refractivity contribution in [3.8, 4) is 5.75 Å². The van der Waals surface area contributed by atoms with Gasteiger partial charge in [-0.1, -0.05) is 63.6 Å². The van der Waals surface area contributed by atoms with Crippen molar-refractivity contribution in [3.63, 3.8) is 0 Å². The summed E-state index contributed by atoms with van der Waals surface area (Å²) in [7, 11) is 0. The predicted molar refractivity (Wildman–Crippen MR) is 104 cm³/mol. The molecule has 2 aromatic rings. The van der Waals surface area contributed by atoms with Gasteiger partial charge in [-0.3, -0.25) is 4.79 Å². The van der Waals surface area contributed by atoms with Crippen molar-refractivity contribution in [1.29, 1.82) is 0 Å². The standard InChI is InChI=1S/C22H29NO2/c1-4-5-16-25-21-9-7-6-8-20(21)23-22(24)15-12-18-10-13-19(14-11-18)17(2)3/h6-11,13-14,17H,4-5,12,15-16H2,1-3H3,(H,23,24). The largest absolute Gasteiger partial charge is 0.491 e. The highest BCUT2D eigenvalue weighted by atomic mass is 16.5. The fraction of sp³-hybridized carbons (Fsp3) is 0.409. The smallest absolute Gasteiger partial charge is 0.224 e. The zero-order valence-electron chi connectivity index (χ0n) is 15.5. The molecule has 2 rings (SSSR count). The summed E-state index contributed by atoms with van der Waals surface area (Å²) < 4.78 is 5.76. The van der Waals surface area contributed by atoms with Gasteiger partial charge in [-0.05, 0) is 42.0 Å². The summed E-state index contributed by atoms with van der Waals surface area (Å²) in [6.45, 7) is 7.17. The molecule has 0 fully saturated rings. The molecule has 0 atom stereocenters. The topological polar surface area (TPSA) is 38.3 Å². The first kappa shape index (κ1) is 19.0. The van der Waals surface area contributed by atoms with Crippen LogP contribution in [-0.4, -0.2) is 12.5 Å². The van der Waals surface area contributed by atoms with Crippen molar-refractivity contribution in [2.24, 2.45) is 0 Å². The second kappa shape index (κ2) is 9.87. The van der Waals surface area contributed by atoms with Crippen molar-refractivity contribution in [1.82, 2.24) is 0 Å². The van der Waals surface area contributed by atoms with Gasteiger partial charge in [0.05, 0.1) is 12.3 Å². The average Bonchev–Trinajstić information content (AvgIpc) is 2.62. The Hall–Kier alpha value is -2.29. The number of ether oxygens (including phenoxy) is 1. The maximum Gasteiger partial charge on any atom is 0.224 e. The Labute approximate surface area is 151 Å². The van der Waals surface area contributed by atoms with Gasteiger partial charge in [0.15, 0.2) is 0 Å². The Kier molecular flexibility index (Phi) is 7.52. The third kappa shape index (κ3) is 6.26. The van der Waals surface area contributed by atoms with Crippen LogP contribution in [0.3, 0.4) is 0 Å². The molecule has 1 N–H and O–H groups in total. The maximum atomic E-state index is 12.3. The number of amides is 1. The number of carbonyl (C=O) groups is 1. The number of carbonyl (C=O) groups excluding carboxylic acids is 1. The van der Waals surface area contributed by atoms with E-state index < -0.39 is 0 Å². The van der Waals surface area contributed by atoms with E-state index in [0.717, 1.165) is 30.7 Å². The third-order valence-corrected chi connectivity index (χ3v) is 4.20. The van der Waals surface area contributed by atoms with Gasteiger partial charge >= 0.3 is 0 Å². The Morgan fingerprint density at radius 2 is 1.80 bits per heavy atom. The third-order valence-electron chi connectivity index (χ3n) is 4.20. The second-order valence-corrected chi connectivity index (χ2v) is 6.64. The molecule has 0 aromatic heterocycles. The minimum absolute atomic E-state index is 0.0134. The van der Waals surface area contributed by atoms with Gasteiger partial charge in [0, 0.05) is 6.42 Å². The van der Waals surface area contributed by atoms with Crippen LogP contribution in [0.4, 0.5) is 5.69 Å². The zero-order chi connectivity index (χ0) is 18.1. The number of hydrogen-bond acceptors (Lipinski definition) is 2. The lowest BCUT2D eigenvalue weighted by atomic mass is 10.0. The summed E-state index contributed by atoms with van der Waals surface area (Å²) in [6, 6.07) is 16.1. The van der Waals surface area contributed by atoms with Crippen LogP contribution < -0.4 is 10.1 Å². The van der Waals surface area contributed by atoms with Crippen molar-refractivity contribution >= 4 is 11.6 Å². The molecule has 3 heteroatoms. The van der Waals surface area contributed by atoms with E-state index in [2.05, 4.69) is 50.4 Å². The number of aryl methyl sites for hydroxylation is 1. The van der Waals surface area contributed by atoms with Crippen LogP contribution in [0.5, 0.6) is 5.75 Å². The summed E-state index contributed by atoms with van der Waals surface area (Å²) in [5, 5.41) is 2.97. The zero-order valence-corrected chi connectivity index (χ0v) is 15.5. The van der Waals surface area contributed by atoms with Gasteiger partial charge in [-0.25, -0.2) is 0 Å². The average molecular weight is 339 g/mol. The Morgan fingerprint density at radius 1 is 1.08 bits per heavy atom. The number of benzene rings is 2. The Bertz CT molecular complexity index is 662. The SMILES string of the molecule is CCCCOc1ccccc1NC(=O)CCc1ccc(C(C)C)cc1. The number of rotatable bonds is 9. The Morgan fingerprint density at radius 3 is 2.48 bits per heavy atom. The first-order valence-corrected chi connectivity index (χ1v) is 9.20. The molecule has 0 aliphatic rings. The molecule has 0 saturated carbocycles. The fourth-order valence-corrected chi connectivity index (χ4v) is 2.56. The lowest BCUT2D eigenvalue weighted by Gasteiger charge is -2.12. The van der Waals surface area contributed by atoms with Crippen LogP contribution in [0.25, 0.3) is 0 Å². The molecular weight excluding hydrogens is 310 g/mol. The van der Waals surface area contributed by atoms with Gasteiger partial charge < -0.3 is 10.1 Å². The van der Waals surface area contributed by atoms with Crippen LogP contribution in [0.15, 0.2) is 48.5 Å². The minimum atomic E-state index is 0.0134. The van der Waals surface area contributed by atoms with Gasteiger partial charge in [0.25, 0.3) is 0 Å². The molecular formula is C22H29NO2. The molecule has 0 heterocycles. The van der Waals surface area contributed by atoms with E-state index in [-0.39, 0.29) is 5.91 Å². The highest BCUT2D eigenvalue weighted by molar-refractivity contribution is 5.92. The van der Waals surface area contributed by atoms with E-state index in [1.54, 1.807) is 0 Å². The van der Waals surface area contributed by atoms with Crippen molar-refractivity contribution in [2.45, 2.75) is 52.4 Å². The normalized spacial score (nSPS) is 10.7. The molecule has 0 unspecified atom stereocenters. The van der Waals surface area contributed by atoms with E-state index in [1.165, 1.54) is 11.1 Å².